The van der Waals surface area contributed by atoms with Crippen molar-refractivity contribution in [2.45, 2.75) is 17.7 Å². The van der Waals surface area contributed by atoms with Crippen LogP contribution in [-0.2, 0) is 23.6 Å². The second kappa shape index (κ2) is 5.61. The van der Waals surface area contributed by atoms with Gasteiger partial charge in [0.1, 0.15) is 11.5 Å². The first-order valence-corrected chi connectivity index (χ1v) is 8.62. The fraction of sp³-hybridized carbons (Fsp3) is 0.222. The van der Waals surface area contributed by atoms with Gasteiger partial charge in [0, 0.05) is 40.3 Å². The SMILES string of the molecule is O=S(/C=C/c1c2c(cc3c1CCO3)OCC2)c1ccccc1. The van der Waals surface area contributed by atoms with E-state index in [1.807, 2.05) is 42.5 Å². The second-order valence-electron chi connectivity index (χ2n) is 5.35. The third-order valence-corrected chi connectivity index (χ3v) is 5.18. The van der Waals surface area contributed by atoms with Crippen molar-refractivity contribution in [2.75, 3.05) is 13.2 Å². The molecule has 22 heavy (non-hydrogen) atoms. The highest BCUT2D eigenvalue weighted by molar-refractivity contribution is 7.88. The molecule has 1 atom stereocenters. The Hall–Kier alpha value is -2.07. The van der Waals surface area contributed by atoms with Crippen LogP contribution in [0.4, 0.5) is 0 Å². The van der Waals surface area contributed by atoms with Gasteiger partial charge in [-0.3, -0.25) is 0 Å². The van der Waals surface area contributed by atoms with Crippen LogP contribution >= 0.6 is 0 Å². The van der Waals surface area contributed by atoms with Crippen molar-refractivity contribution in [3.63, 3.8) is 0 Å². The standard InChI is InChI=1S/C18H16O3S/c19-22(13-4-2-1-3-5-13)11-8-14-15-6-9-20-17(15)12-18-16(14)7-10-21-18/h1-5,8,11-12H,6-7,9-10H2/b11-8+. The molecule has 2 aromatic carbocycles. The number of hydrogen-bond donors (Lipinski definition) is 0. The minimum atomic E-state index is -1.14. The number of hydrogen-bond acceptors (Lipinski definition) is 3. The minimum absolute atomic E-state index is 0.709. The molecule has 0 saturated carbocycles. The fourth-order valence-electron chi connectivity index (χ4n) is 3.00. The van der Waals surface area contributed by atoms with Gasteiger partial charge >= 0.3 is 0 Å². The lowest BCUT2D eigenvalue weighted by molar-refractivity contribution is 0.342. The average molecular weight is 312 g/mol. The molecule has 0 radical (unpaired) electrons. The maximum atomic E-state index is 12.4. The van der Waals surface area contributed by atoms with Gasteiger partial charge in [-0.2, -0.15) is 0 Å². The molecule has 112 valence electrons. The van der Waals surface area contributed by atoms with Crippen molar-refractivity contribution in [1.82, 2.24) is 0 Å². The summed E-state index contributed by atoms with van der Waals surface area (Å²) in [5.41, 5.74) is 3.56. The summed E-state index contributed by atoms with van der Waals surface area (Å²) in [5.74, 6) is 1.82. The predicted molar refractivity (Wildman–Crippen MR) is 86.7 cm³/mol. The smallest absolute Gasteiger partial charge is 0.126 e. The number of benzene rings is 2. The summed E-state index contributed by atoms with van der Waals surface area (Å²) < 4.78 is 23.7. The molecule has 0 spiro atoms. The molecule has 0 bridgehead atoms. The Labute approximate surface area is 132 Å². The molecule has 2 aliphatic rings. The molecule has 1 unspecified atom stereocenters. The maximum Gasteiger partial charge on any atom is 0.126 e. The second-order valence-corrected chi connectivity index (χ2v) is 6.69. The largest absolute Gasteiger partial charge is 0.493 e. The van der Waals surface area contributed by atoms with Crippen LogP contribution in [0.15, 0.2) is 46.7 Å². The first kappa shape index (κ1) is 13.6. The van der Waals surface area contributed by atoms with Gasteiger partial charge < -0.3 is 9.47 Å². The van der Waals surface area contributed by atoms with E-state index in [1.54, 1.807) is 5.41 Å². The Balaban J connectivity index is 1.72. The number of ether oxygens (including phenoxy) is 2. The zero-order valence-corrected chi connectivity index (χ0v) is 12.9. The van der Waals surface area contributed by atoms with E-state index in [4.69, 9.17) is 9.47 Å². The van der Waals surface area contributed by atoms with E-state index < -0.39 is 10.8 Å². The van der Waals surface area contributed by atoms with E-state index in [0.717, 1.165) is 34.8 Å². The molecular weight excluding hydrogens is 296 g/mol. The van der Waals surface area contributed by atoms with Crippen molar-refractivity contribution in [3.8, 4) is 11.5 Å². The molecule has 0 fully saturated rings. The van der Waals surface area contributed by atoms with Crippen LogP contribution in [0.1, 0.15) is 16.7 Å². The van der Waals surface area contributed by atoms with Crippen LogP contribution in [0.25, 0.3) is 6.08 Å². The zero-order chi connectivity index (χ0) is 14.9. The summed E-state index contributed by atoms with van der Waals surface area (Å²) in [7, 11) is -1.14. The number of rotatable bonds is 3. The van der Waals surface area contributed by atoms with Gasteiger partial charge in [0.05, 0.1) is 24.0 Å². The minimum Gasteiger partial charge on any atom is -0.493 e. The van der Waals surface area contributed by atoms with Crippen LogP contribution < -0.4 is 9.47 Å². The molecule has 0 amide bonds. The molecular formula is C18H16O3S. The lowest BCUT2D eigenvalue weighted by Crippen LogP contribution is -1.92. The first-order valence-electron chi connectivity index (χ1n) is 7.41. The molecule has 0 N–H and O–H groups in total. The Morgan fingerprint density at radius 1 is 0.955 bits per heavy atom. The average Bonchev–Trinajstić information content (AvgIpc) is 3.20. The van der Waals surface area contributed by atoms with Gasteiger partial charge in [-0.15, -0.1) is 0 Å². The van der Waals surface area contributed by atoms with Crippen LogP contribution in [0, 0.1) is 0 Å². The number of fused-ring (bicyclic) bond motifs is 2. The summed E-state index contributed by atoms with van der Waals surface area (Å²) in [6.07, 6.45) is 3.78. The van der Waals surface area contributed by atoms with Crippen LogP contribution in [0.3, 0.4) is 0 Å². The van der Waals surface area contributed by atoms with E-state index in [1.165, 1.54) is 11.1 Å². The predicted octanol–water partition coefficient (Wildman–Crippen LogP) is 3.33. The van der Waals surface area contributed by atoms with Gasteiger partial charge in [0.15, 0.2) is 0 Å². The molecule has 4 heteroatoms. The molecule has 3 nitrogen and oxygen atoms in total. The van der Waals surface area contributed by atoms with E-state index in [-0.39, 0.29) is 0 Å². The molecule has 0 saturated heterocycles. The Morgan fingerprint density at radius 3 is 2.23 bits per heavy atom. The van der Waals surface area contributed by atoms with Gasteiger partial charge in [0.2, 0.25) is 0 Å². The lowest BCUT2D eigenvalue weighted by Gasteiger charge is -2.09. The molecule has 4 rings (SSSR count). The lowest BCUT2D eigenvalue weighted by atomic mass is 9.97. The highest BCUT2D eigenvalue weighted by Crippen LogP contribution is 2.40. The fourth-order valence-corrected chi connectivity index (χ4v) is 3.85. The topological polar surface area (TPSA) is 35.5 Å². The van der Waals surface area contributed by atoms with Gasteiger partial charge in [0.25, 0.3) is 0 Å². The Bertz CT molecular complexity index is 733. The normalized spacial score (nSPS) is 16.9. The summed E-state index contributed by atoms with van der Waals surface area (Å²) in [5, 5.41) is 1.77. The third kappa shape index (κ3) is 2.33. The Kier molecular flexibility index (Phi) is 3.47. The third-order valence-electron chi connectivity index (χ3n) is 4.06. The van der Waals surface area contributed by atoms with Crippen molar-refractivity contribution in [2.24, 2.45) is 0 Å². The Morgan fingerprint density at radius 2 is 1.59 bits per heavy atom. The summed E-state index contributed by atoms with van der Waals surface area (Å²) in [6.45, 7) is 1.42. The van der Waals surface area contributed by atoms with E-state index in [2.05, 4.69) is 0 Å². The highest BCUT2D eigenvalue weighted by atomic mass is 32.2. The zero-order valence-electron chi connectivity index (χ0n) is 12.1. The molecule has 2 heterocycles. The van der Waals surface area contributed by atoms with Crippen LogP contribution in [-0.4, -0.2) is 17.4 Å². The van der Waals surface area contributed by atoms with E-state index in [9.17, 15) is 4.21 Å². The molecule has 0 aliphatic carbocycles. The quantitative estimate of drug-likeness (QED) is 0.872. The van der Waals surface area contributed by atoms with Crippen molar-refractivity contribution < 1.29 is 13.7 Å². The molecule has 2 aliphatic heterocycles. The maximum absolute atomic E-state index is 12.4. The van der Waals surface area contributed by atoms with Gasteiger partial charge in [-0.1, -0.05) is 18.2 Å². The van der Waals surface area contributed by atoms with Crippen LogP contribution in [0.5, 0.6) is 11.5 Å². The monoisotopic (exact) mass is 312 g/mol. The van der Waals surface area contributed by atoms with Crippen molar-refractivity contribution >= 4 is 16.9 Å². The van der Waals surface area contributed by atoms with E-state index >= 15 is 0 Å². The first-order chi connectivity index (χ1) is 10.8. The summed E-state index contributed by atoms with van der Waals surface area (Å²) in [4.78, 5) is 0.815. The van der Waals surface area contributed by atoms with Gasteiger partial charge in [-0.25, -0.2) is 4.21 Å². The van der Waals surface area contributed by atoms with Gasteiger partial charge in [-0.05, 0) is 23.8 Å². The highest BCUT2D eigenvalue weighted by Gasteiger charge is 2.24. The van der Waals surface area contributed by atoms with Crippen molar-refractivity contribution in [3.05, 3.63) is 58.5 Å². The molecule has 0 aromatic heterocycles. The summed E-state index contributed by atoms with van der Waals surface area (Å²) in [6, 6.07) is 11.5. The van der Waals surface area contributed by atoms with Crippen molar-refractivity contribution in [1.29, 1.82) is 0 Å². The molecule has 2 aromatic rings. The van der Waals surface area contributed by atoms with Crippen LogP contribution in [0.2, 0.25) is 0 Å². The summed E-state index contributed by atoms with van der Waals surface area (Å²) >= 11 is 0. The van der Waals surface area contributed by atoms with E-state index in [0.29, 0.717) is 13.2 Å².